The molecule has 3 heteroatoms. The van der Waals surface area contributed by atoms with Gasteiger partial charge in [0.25, 0.3) is 0 Å². The molecule has 4 saturated heterocycles. The zero-order valence-corrected chi connectivity index (χ0v) is 12.2. The molecule has 3 nitrogen and oxygen atoms in total. The summed E-state index contributed by atoms with van der Waals surface area (Å²) in [5.41, 5.74) is 0. The van der Waals surface area contributed by atoms with E-state index in [1.807, 2.05) is 0 Å². The fourth-order valence-corrected chi connectivity index (χ4v) is 5.34. The van der Waals surface area contributed by atoms with Crippen molar-refractivity contribution in [3.05, 3.63) is 0 Å². The van der Waals surface area contributed by atoms with Crippen molar-refractivity contribution in [2.45, 2.75) is 94.7 Å². The largest absolute Gasteiger partial charge is 0.373 e. The van der Waals surface area contributed by atoms with Crippen molar-refractivity contribution < 1.29 is 4.74 Å². The molecule has 0 aliphatic carbocycles. The van der Waals surface area contributed by atoms with Crippen LogP contribution in [0.4, 0.5) is 0 Å². The molecule has 0 radical (unpaired) electrons. The highest BCUT2D eigenvalue weighted by Crippen LogP contribution is 2.44. The number of fused-ring (bicyclic) bond motifs is 4. The predicted octanol–water partition coefficient (Wildman–Crippen LogP) is 2.30. The molecule has 4 heterocycles. The Hall–Kier alpha value is -0.120. The van der Waals surface area contributed by atoms with E-state index in [9.17, 15) is 0 Å². The van der Waals surface area contributed by atoms with E-state index in [0.29, 0.717) is 12.2 Å². The highest BCUT2D eigenvalue weighted by atomic mass is 16.5. The summed E-state index contributed by atoms with van der Waals surface area (Å²) in [7, 11) is 0. The molecule has 108 valence electrons. The number of nitrogens with zero attached hydrogens (tertiary/aromatic N) is 1. The third-order valence-electron chi connectivity index (χ3n) is 5.98. The molecule has 4 aliphatic rings. The maximum absolute atomic E-state index is 6.12. The molecule has 0 spiro atoms. The van der Waals surface area contributed by atoms with Gasteiger partial charge in [0.05, 0.1) is 12.2 Å². The first-order valence-electron chi connectivity index (χ1n) is 8.51. The highest BCUT2D eigenvalue weighted by molar-refractivity contribution is 5.04. The molecule has 4 rings (SSSR count). The molecule has 0 amide bonds. The molecule has 0 aromatic rings. The molecule has 0 aromatic heterocycles. The van der Waals surface area contributed by atoms with Crippen LogP contribution in [0.3, 0.4) is 0 Å². The van der Waals surface area contributed by atoms with Crippen LogP contribution >= 0.6 is 0 Å². The summed E-state index contributed by atoms with van der Waals surface area (Å²) in [5, 5.41) is 3.70. The molecular weight excluding hydrogens is 236 g/mol. The van der Waals surface area contributed by atoms with Crippen molar-refractivity contribution in [3.63, 3.8) is 0 Å². The first-order valence-corrected chi connectivity index (χ1v) is 8.51. The molecule has 5 atom stereocenters. The van der Waals surface area contributed by atoms with Crippen LogP contribution in [-0.4, -0.2) is 47.8 Å². The lowest BCUT2D eigenvalue weighted by atomic mass is 9.78. The Labute approximate surface area is 117 Å². The molecule has 19 heavy (non-hydrogen) atoms. The van der Waals surface area contributed by atoms with Crippen LogP contribution in [0.15, 0.2) is 0 Å². The number of piperidine rings is 2. The molecule has 1 N–H and O–H groups in total. The summed E-state index contributed by atoms with van der Waals surface area (Å²) in [6.45, 7) is 3.37. The van der Waals surface area contributed by atoms with Crippen LogP contribution in [0.2, 0.25) is 0 Å². The van der Waals surface area contributed by atoms with Gasteiger partial charge in [-0.05, 0) is 51.5 Å². The fourth-order valence-electron chi connectivity index (χ4n) is 5.34. The average Bonchev–Trinajstić information content (AvgIpc) is 3.00. The van der Waals surface area contributed by atoms with Crippen molar-refractivity contribution >= 4 is 0 Å². The minimum absolute atomic E-state index is 0.573. The van der Waals surface area contributed by atoms with E-state index in [1.54, 1.807) is 0 Å². The monoisotopic (exact) mass is 264 g/mol. The Morgan fingerprint density at radius 2 is 1.84 bits per heavy atom. The lowest BCUT2D eigenvalue weighted by molar-refractivity contribution is -0.0334. The van der Waals surface area contributed by atoms with Gasteiger partial charge in [-0.15, -0.1) is 0 Å². The van der Waals surface area contributed by atoms with Gasteiger partial charge in [0.2, 0.25) is 0 Å². The van der Waals surface area contributed by atoms with E-state index in [0.717, 1.165) is 30.7 Å². The minimum Gasteiger partial charge on any atom is -0.373 e. The normalized spacial score (nSPS) is 49.7. The summed E-state index contributed by atoms with van der Waals surface area (Å²) in [4.78, 5) is 2.92. The zero-order chi connectivity index (χ0) is 12.8. The number of hydrogen-bond donors (Lipinski definition) is 1. The molecule has 0 aromatic carbocycles. The average molecular weight is 264 g/mol. The summed E-state index contributed by atoms with van der Waals surface area (Å²) in [6, 6.07) is 3.21. The molecule has 4 aliphatic heterocycles. The smallest absolute Gasteiger partial charge is 0.0736 e. The minimum atomic E-state index is 0.573. The summed E-state index contributed by atoms with van der Waals surface area (Å²) >= 11 is 0. The Morgan fingerprint density at radius 1 is 1.05 bits per heavy atom. The van der Waals surface area contributed by atoms with Crippen molar-refractivity contribution in [2.24, 2.45) is 0 Å². The maximum atomic E-state index is 6.12. The van der Waals surface area contributed by atoms with Crippen LogP contribution in [-0.2, 0) is 4.74 Å². The second-order valence-corrected chi connectivity index (χ2v) is 7.09. The van der Waals surface area contributed by atoms with Gasteiger partial charge in [-0.1, -0.05) is 13.3 Å². The van der Waals surface area contributed by atoms with Crippen LogP contribution in [0.5, 0.6) is 0 Å². The Bertz CT molecular complexity index is 321. The van der Waals surface area contributed by atoms with Crippen LogP contribution in [0, 0.1) is 0 Å². The Balaban J connectivity index is 1.50. The van der Waals surface area contributed by atoms with E-state index < -0.39 is 0 Å². The van der Waals surface area contributed by atoms with Crippen molar-refractivity contribution in [1.82, 2.24) is 10.2 Å². The first kappa shape index (κ1) is 12.6. The fraction of sp³-hybridized carbons (Fsp3) is 1.00. The van der Waals surface area contributed by atoms with Gasteiger partial charge in [-0.2, -0.15) is 0 Å². The van der Waals surface area contributed by atoms with Gasteiger partial charge >= 0.3 is 0 Å². The topological polar surface area (TPSA) is 24.5 Å². The quantitative estimate of drug-likeness (QED) is 0.846. The maximum Gasteiger partial charge on any atom is 0.0736 e. The van der Waals surface area contributed by atoms with Crippen LogP contribution in [0.1, 0.15) is 58.3 Å². The number of nitrogens with one attached hydrogen (secondary N) is 1. The van der Waals surface area contributed by atoms with E-state index in [2.05, 4.69) is 17.1 Å². The molecule has 4 bridgehead atoms. The predicted molar refractivity (Wildman–Crippen MR) is 76.3 cm³/mol. The van der Waals surface area contributed by atoms with Gasteiger partial charge in [-0.3, -0.25) is 4.90 Å². The number of rotatable bonds is 3. The van der Waals surface area contributed by atoms with Gasteiger partial charge in [0.1, 0.15) is 0 Å². The summed E-state index contributed by atoms with van der Waals surface area (Å²) < 4.78 is 6.12. The van der Waals surface area contributed by atoms with Crippen LogP contribution in [0.25, 0.3) is 0 Å². The lowest BCUT2D eigenvalue weighted by Gasteiger charge is -2.52. The van der Waals surface area contributed by atoms with Crippen molar-refractivity contribution in [1.29, 1.82) is 0 Å². The van der Waals surface area contributed by atoms with E-state index >= 15 is 0 Å². The SMILES string of the molecule is CCNC1CC2CCCC(C1)N2C1CC2CCC1O2. The molecule has 5 unspecified atom stereocenters. The van der Waals surface area contributed by atoms with Crippen molar-refractivity contribution in [2.75, 3.05) is 6.54 Å². The Kier molecular flexibility index (Phi) is 3.33. The summed E-state index contributed by atoms with van der Waals surface area (Å²) in [6.07, 6.45) is 12.2. The van der Waals surface area contributed by atoms with Gasteiger partial charge in [0.15, 0.2) is 0 Å². The zero-order valence-electron chi connectivity index (χ0n) is 12.2. The first-order chi connectivity index (χ1) is 9.35. The second kappa shape index (κ2) is 5.01. The van der Waals surface area contributed by atoms with Gasteiger partial charge in [-0.25, -0.2) is 0 Å². The molecule has 0 saturated carbocycles. The third kappa shape index (κ3) is 2.14. The van der Waals surface area contributed by atoms with E-state index in [-0.39, 0.29) is 0 Å². The standard InChI is InChI=1S/C16H28N2O/c1-2-17-11-8-12-4-3-5-13(9-11)18(12)15-10-14-6-7-16(15)19-14/h11-17H,2-10H2,1H3. The lowest BCUT2D eigenvalue weighted by Crippen LogP contribution is -2.61. The third-order valence-corrected chi connectivity index (χ3v) is 5.98. The molecular formula is C16H28N2O. The number of ether oxygens (including phenoxy) is 1. The summed E-state index contributed by atoms with van der Waals surface area (Å²) in [5.74, 6) is 0. The van der Waals surface area contributed by atoms with Gasteiger partial charge < -0.3 is 10.1 Å². The number of hydrogen-bond acceptors (Lipinski definition) is 3. The van der Waals surface area contributed by atoms with Crippen molar-refractivity contribution in [3.8, 4) is 0 Å². The van der Waals surface area contributed by atoms with Gasteiger partial charge in [0, 0.05) is 24.2 Å². The van der Waals surface area contributed by atoms with Crippen LogP contribution < -0.4 is 5.32 Å². The van der Waals surface area contributed by atoms with E-state index in [4.69, 9.17) is 4.74 Å². The molecule has 4 fully saturated rings. The highest BCUT2D eigenvalue weighted by Gasteiger charge is 2.49. The Morgan fingerprint density at radius 3 is 2.42 bits per heavy atom. The second-order valence-electron chi connectivity index (χ2n) is 7.09. The van der Waals surface area contributed by atoms with E-state index in [1.165, 1.54) is 51.4 Å².